The third kappa shape index (κ3) is 3.63. The van der Waals surface area contributed by atoms with E-state index >= 15 is 0 Å². The van der Waals surface area contributed by atoms with Gasteiger partial charge in [0.15, 0.2) is 0 Å². The Bertz CT molecular complexity index is 854. The maximum atomic E-state index is 11.6. The van der Waals surface area contributed by atoms with Crippen LogP contribution in [0.25, 0.3) is 11.1 Å². The second-order valence-corrected chi connectivity index (χ2v) is 5.66. The van der Waals surface area contributed by atoms with Gasteiger partial charge in [-0.25, -0.2) is 4.79 Å². The number of hydrogen-bond acceptors (Lipinski definition) is 2. The van der Waals surface area contributed by atoms with Crippen LogP contribution < -0.4 is 4.74 Å². The van der Waals surface area contributed by atoms with Crippen molar-refractivity contribution in [1.29, 1.82) is 0 Å². The van der Waals surface area contributed by atoms with Crippen LogP contribution in [-0.4, -0.2) is 11.1 Å². The van der Waals surface area contributed by atoms with Gasteiger partial charge in [0.05, 0.1) is 0 Å². The SMILES string of the molecule is Cc1cccc(-c2ccc(OCc3ccccc3)c(C(=O)O)c2)c1. The highest BCUT2D eigenvalue weighted by Gasteiger charge is 2.13. The van der Waals surface area contributed by atoms with E-state index < -0.39 is 5.97 Å². The lowest BCUT2D eigenvalue weighted by Gasteiger charge is -2.11. The lowest BCUT2D eigenvalue weighted by Crippen LogP contribution is -2.03. The quantitative estimate of drug-likeness (QED) is 0.725. The van der Waals surface area contributed by atoms with Crippen molar-refractivity contribution < 1.29 is 14.6 Å². The van der Waals surface area contributed by atoms with Gasteiger partial charge in [-0.3, -0.25) is 0 Å². The summed E-state index contributed by atoms with van der Waals surface area (Å²) in [5.41, 5.74) is 4.16. The van der Waals surface area contributed by atoms with Crippen LogP contribution in [0.15, 0.2) is 72.8 Å². The average molecular weight is 318 g/mol. The van der Waals surface area contributed by atoms with Crippen molar-refractivity contribution in [2.24, 2.45) is 0 Å². The second kappa shape index (κ2) is 7.01. The Kier molecular flexibility index (Phi) is 4.62. The first-order valence-corrected chi connectivity index (χ1v) is 7.74. The van der Waals surface area contributed by atoms with Crippen LogP contribution in [0.1, 0.15) is 21.5 Å². The highest BCUT2D eigenvalue weighted by molar-refractivity contribution is 5.92. The molecule has 0 bridgehead atoms. The summed E-state index contributed by atoms with van der Waals surface area (Å²) < 4.78 is 5.72. The molecule has 120 valence electrons. The minimum Gasteiger partial charge on any atom is -0.488 e. The third-order valence-corrected chi connectivity index (χ3v) is 3.80. The number of hydrogen-bond donors (Lipinski definition) is 1. The highest BCUT2D eigenvalue weighted by atomic mass is 16.5. The molecular weight excluding hydrogens is 300 g/mol. The van der Waals surface area contributed by atoms with Crippen LogP contribution in [0.2, 0.25) is 0 Å². The molecule has 0 spiro atoms. The topological polar surface area (TPSA) is 46.5 Å². The van der Waals surface area contributed by atoms with Crippen LogP contribution in [0.3, 0.4) is 0 Å². The van der Waals surface area contributed by atoms with E-state index in [9.17, 15) is 9.90 Å². The Morgan fingerprint density at radius 1 is 0.917 bits per heavy atom. The van der Waals surface area contributed by atoms with E-state index in [2.05, 4.69) is 0 Å². The molecule has 0 amide bonds. The number of aromatic carboxylic acids is 1. The van der Waals surface area contributed by atoms with Crippen LogP contribution in [0.5, 0.6) is 5.75 Å². The van der Waals surface area contributed by atoms with Crippen LogP contribution in [0.4, 0.5) is 0 Å². The van der Waals surface area contributed by atoms with E-state index in [0.29, 0.717) is 12.4 Å². The number of benzene rings is 3. The van der Waals surface area contributed by atoms with Crippen LogP contribution in [-0.2, 0) is 6.61 Å². The maximum Gasteiger partial charge on any atom is 0.339 e. The van der Waals surface area contributed by atoms with Crippen molar-refractivity contribution in [3.05, 3.63) is 89.5 Å². The molecule has 3 heteroatoms. The van der Waals surface area contributed by atoms with Gasteiger partial charge in [0.2, 0.25) is 0 Å². The molecule has 0 fully saturated rings. The normalized spacial score (nSPS) is 10.4. The fraction of sp³-hybridized carbons (Fsp3) is 0.0952. The fourth-order valence-electron chi connectivity index (χ4n) is 2.56. The number of rotatable bonds is 5. The number of carboxylic acid groups (broad SMARTS) is 1. The van der Waals surface area contributed by atoms with Gasteiger partial charge in [0.1, 0.15) is 17.9 Å². The summed E-state index contributed by atoms with van der Waals surface area (Å²) in [7, 11) is 0. The monoisotopic (exact) mass is 318 g/mol. The molecular formula is C21H18O3. The van der Waals surface area contributed by atoms with E-state index in [1.54, 1.807) is 12.1 Å². The molecule has 3 nitrogen and oxygen atoms in total. The summed E-state index contributed by atoms with van der Waals surface area (Å²) in [4.78, 5) is 11.6. The summed E-state index contributed by atoms with van der Waals surface area (Å²) in [5.74, 6) is -0.615. The molecule has 0 unspecified atom stereocenters. The maximum absolute atomic E-state index is 11.6. The fourth-order valence-corrected chi connectivity index (χ4v) is 2.56. The van der Waals surface area contributed by atoms with E-state index in [1.165, 1.54) is 0 Å². The summed E-state index contributed by atoms with van der Waals surface area (Å²) in [6, 6.07) is 22.9. The smallest absolute Gasteiger partial charge is 0.339 e. The van der Waals surface area contributed by atoms with E-state index in [0.717, 1.165) is 22.3 Å². The standard InChI is InChI=1S/C21H18O3/c1-15-6-5-9-17(12-15)18-10-11-20(19(13-18)21(22)23)24-14-16-7-3-2-4-8-16/h2-13H,14H2,1H3,(H,22,23). The predicted octanol–water partition coefficient (Wildman–Crippen LogP) is 4.94. The number of ether oxygens (including phenoxy) is 1. The van der Waals surface area contributed by atoms with Gasteiger partial charge in [-0.15, -0.1) is 0 Å². The Hall–Kier alpha value is -3.07. The second-order valence-electron chi connectivity index (χ2n) is 5.66. The molecule has 0 heterocycles. The molecule has 3 aromatic carbocycles. The Morgan fingerprint density at radius 3 is 2.38 bits per heavy atom. The molecule has 0 aliphatic heterocycles. The Balaban J connectivity index is 1.89. The first-order valence-electron chi connectivity index (χ1n) is 7.74. The van der Waals surface area contributed by atoms with Crippen LogP contribution in [0, 0.1) is 6.92 Å². The summed E-state index contributed by atoms with van der Waals surface area (Å²) in [6.45, 7) is 2.35. The first-order chi connectivity index (χ1) is 11.6. The first kappa shape index (κ1) is 15.8. The summed E-state index contributed by atoms with van der Waals surface area (Å²) >= 11 is 0. The van der Waals surface area contributed by atoms with E-state index in [1.807, 2.05) is 67.6 Å². The lowest BCUT2D eigenvalue weighted by atomic mass is 10.0. The van der Waals surface area contributed by atoms with Gasteiger partial charge in [0.25, 0.3) is 0 Å². The molecule has 0 aliphatic carbocycles. The van der Waals surface area contributed by atoms with Crippen molar-refractivity contribution in [3.8, 4) is 16.9 Å². The zero-order chi connectivity index (χ0) is 16.9. The predicted molar refractivity (Wildman–Crippen MR) is 94.3 cm³/mol. The van der Waals surface area contributed by atoms with Crippen molar-refractivity contribution >= 4 is 5.97 Å². The van der Waals surface area contributed by atoms with Gasteiger partial charge >= 0.3 is 5.97 Å². The molecule has 0 atom stereocenters. The molecule has 3 aromatic rings. The van der Waals surface area contributed by atoms with Crippen molar-refractivity contribution in [2.45, 2.75) is 13.5 Å². The molecule has 0 saturated heterocycles. The summed E-state index contributed by atoms with van der Waals surface area (Å²) in [6.07, 6.45) is 0. The van der Waals surface area contributed by atoms with Gasteiger partial charge in [-0.2, -0.15) is 0 Å². The molecule has 0 aromatic heterocycles. The molecule has 24 heavy (non-hydrogen) atoms. The van der Waals surface area contributed by atoms with Crippen LogP contribution >= 0.6 is 0 Å². The number of carboxylic acids is 1. The zero-order valence-electron chi connectivity index (χ0n) is 13.4. The molecule has 0 aliphatic rings. The van der Waals surface area contributed by atoms with Gasteiger partial charge in [-0.05, 0) is 35.7 Å². The Labute approximate surface area is 141 Å². The molecule has 3 rings (SSSR count). The van der Waals surface area contributed by atoms with E-state index in [4.69, 9.17) is 4.74 Å². The Morgan fingerprint density at radius 2 is 1.67 bits per heavy atom. The summed E-state index contributed by atoms with van der Waals surface area (Å²) in [5, 5.41) is 9.51. The van der Waals surface area contributed by atoms with Crippen molar-refractivity contribution in [2.75, 3.05) is 0 Å². The number of carbonyl (C=O) groups is 1. The highest BCUT2D eigenvalue weighted by Crippen LogP contribution is 2.28. The lowest BCUT2D eigenvalue weighted by molar-refractivity contribution is 0.0692. The molecule has 0 radical (unpaired) electrons. The van der Waals surface area contributed by atoms with Crippen molar-refractivity contribution in [1.82, 2.24) is 0 Å². The molecule has 1 N–H and O–H groups in total. The van der Waals surface area contributed by atoms with Gasteiger partial charge < -0.3 is 9.84 Å². The minimum atomic E-state index is -0.993. The minimum absolute atomic E-state index is 0.171. The zero-order valence-corrected chi connectivity index (χ0v) is 13.4. The van der Waals surface area contributed by atoms with Gasteiger partial charge in [0, 0.05) is 0 Å². The number of aryl methyl sites for hydroxylation is 1. The largest absolute Gasteiger partial charge is 0.488 e. The molecule has 0 saturated carbocycles. The average Bonchev–Trinajstić information content (AvgIpc) is 2.60. The third-order valence-electron chi connectivity index (χ3n) is 3.80. The van der Waals surface area contributed by atoms with E-state index in [-0.39, 0.29) is 5.56 Å². The van der Waals surface area contributed by atoms with Gasteiger partial charge in [-0.1, -0.05) is 66.2 Å². The van der Waals surface area contributed by atoms with Crippen molar-refractivity contribution in [3.63, 3.8) is 0 Å².